The zero-order chi connectivity index (χ0) is 25.2. The number of aromatic nitrogens is 4. The van der Waals surface area contributed by atoms with E-state index in [2.05, 4.69) is 19.9 Å². The Hall–Kier alpha value is -5.30. The lowest BCUT2D eigenvalue weighted by Crippen LogP contribution is -2.38. The normalized spacial score (nSPS) is 10.9. The van der Waals surface area contributed by atoms with Gasteiger partial charge in [-0.15, -0.1) is 0 Å². The molecule has 0 radical (unpaired) electrons. The van der Waals surface area contributed by atoms with Gasteiger partial charge in [0, 0.05) is 41.1 Å². The van der Waals surface area contributed by atoms with Crippen LogP contribution in [0.1, 0.15) is 20.7 Å². The number of hydrogen-bond acceptors (Lipinski definition) is 6. The molecular formula is C30H19N5O2. The van der Waals surface area contributed by atoms with Crippen LogP contribution in [-0.2, 0) is 0 Å². The molecule has 6 rings (SSSR count). The summed E-state index contributed by atoms with van der Waals surface area (Å²) in [6.45, 7) is 0. The molecule has 3 heterocycles. The molecule has 0 atom stereocenters. The molecule has 0 aliphatic carbocycles. The molecule has 0 saturated heterocycles. The molecule has 0 spiro atoms. The predicted molar refractivity (Wildman–Crippen MR) is 142 cm³/mol. The number of carbonyl (C=O) groups excluding carboxylic acids is 2. The van der Waals surface area contributed by atoms with Crippen molar-refractivity contribution in [1.29, 1.82) is 0 Å². The van der Waals surface area contributed by atoms with Gasteiger partial charge in [-0.05, 0) is 29.8 Å². The number of amides is 2. The number of carbonyl (C=O) groups is 2. The first-order chi connectivity index (χ1) is 18.2. The van der Waals surface area contributed by atoms with Crippen molar-refractivity contribution in [2.45, 2.75) is 0 Å². The average molecular weight is 482 g/mol. The van der Waals surface area contributed by atoms with Gasteiger partial charge in [-0.1, -0.05) is 66.7 Å². The van der Waals surface area contributed by atoms with Crippen LogP contribution in [0.4, 0.5) is 5.95 Å². The van der Waals surface area contributed by atoms with Crippen LogP contribution in [0.2, 0.25) is 0 Å². The average Bonchev–Trinajstić information content (AvgIpc) is 2.97. The first kappa shape index (κ1) is 22.2. The van der Waals surface area contributed by atoms with Crippen LogP contribution in [0, 0.1) is 0 Å². The van der Waals surface area contributed by atoms with Crippen molar-refractivity contribution in [2.75, 3.05) is 4.90 Å². The summed E-state index contributed by atoms with van der Waals surface area (Å²) in [7, 11) is 0. The van der Waals surface area contributed by atoms with E-state index in [-0.39, 0.29) is 5.95 Å². The number of nitrogens with zero attached hydrogens (tertiary/aromatic N) is 5. The van der Waals surface area contributed by atoms with Crippen LogP contribution in [0.3, 0.4) is 0 Å². The molecular weight excluding hydrogens is 462 g/mol. The summed E-state index contributed by atoms with van der Waals surface area (Å²) in [6, 6.07) is 27.5. The Morgan fingerprint density at radius 3 is 1.54 bits per heavy atom. The fourth-order valence-corrected chi connectivity index (χ4v) is 4.30. The van der Waals surface area contributed by atoms with E-state index in [1.165, 1.54) is 0 Å². The zero-order valence-electron chi connectivity index (χ0n) is 19.5. The smallest absolute Gasteiger partial charge is 0.268 e. The zero-order valence-corrected chi connectivity index (χ0v) is 19.5. The first-order valence-corrected chi connectivity index (χ1v) is 11.6. The molecule has 6 aromatic rings. The fraction of sp³-hybridized carbons (Fsp3) is 0. The Labute approximate surface area is 212 Å². The second-order valence-corrected chi connectivity index (χ2v) is 8.33. The van der Waals surface area contributed by atoms with E-state index in [9.17, 15) is 9.59 Å². The second-order valence-electron chi connectivity index (χ2n) is 8.33. The van der Waals surface area contributed by atoms with Gasteiger partial charge in [0.25, 0.3) is 11.8 Å². The van der Waals surface area contributed by atoms with E-state index in [4.69, 9.17) is 0 Å². The Kier molecular flexibility index (Phi) is 5.63. The Bertz CT molecular complexity index is 1670. The molecule has 3 aromatic carbocycles. The highest BCUT2D eigenvalue weighted by Gasteiger charge is 2.30. The lowest BCUT2D eigenvalue weighted by Gasteiger charge is -2.20. The van der Waals surface area contributed by atoms with Crippen molar-refractivity contribution < 1.29 is 9.59 Å². The van der Waals surface area contributed by atoms with Gasteiger partial charge >= 0.3 is 0 Å². The monoisotopic (exact) mass is 481 g/mol. The van der Waals surface area contributed by atoms with Gasteiger partial charge in [0.2, 0.25) is 5.95 Å². The number of anilines is 1. The number of imide groups is 1. The summed E-state index contributed by atoms with van der Waals surface area (Å²) in [4.78, 5) is 46.7. The Morgan fingerprint density at radius 2 is 1.00 bits per heavy atom. The van der Waals surface area contributed by atoms with Crippen molar-refractivity contribution in [3.8, 4) is 11.1 Å². The first-order valence-electron chi connectivity index (χ1n) is 11.6. The number of benzene rings is 3. The molecule has 37 heavy (non-hydrogen) atoms. The molecule has 3 aromatic heterocycles. The molecule has 7 nitrogen and oxygen atoms in total. The number of hydrogen-bond donors (Lipinski definition) is 0. The molecule has 0 bridgehead atoms. The van der Waals surface area contributed by atoms with Crippen LogP contribution in [0.25, 0.3) is 32.9 Å². The van der Waals surface area contributed by atoms with Crippen LogP contribution < -0.4 is 4.90 Å². The summed E-state index contributed by atoms with van der Waals surface area (Å²) < 4.78 is 0. The van der Waals surface area contributed by atoms with Gasteiger partial charge in [0.15, 0.2) is 0 Å². The SMILES string of the molecule is O=C(c1ccnc2ccccc12)N(C(=O)c1ccnc2ccccc12)c1ncc(-c2ccccc2)cn1. The number of rotatable bonds is 4. The number of para-hydroxylation sites is 2. The summed E-state index contributed by atoms with van der Waals surface area (Å²) in [5, 5.41) is 1.27. The summed E-state index contributed by atoms with van der Waals surface area (Å²) in [5.74, 6) is -1.11. The Balaban J connectivity index is 1.50. The molecule has 0 fully saturated rings. The third-order valence-corrected chi connectivity index (χ3v) is 6.11. The van der Waals surface area contributed by atoms with E-state index in [1.54, 1.807) is 49.1 Å². The molecule has 0 N–H and O–H groups in total. The molecule has 2 amide bonds. The predicted octanol–water partition coefficient (Wildman–Crippen LogP) is 5.73. The summed E-state index contributed by atoms with van der Waals surface area (Å²) in [6.07, 6.45) is 6.33. The second kappa shape index (κ2) is 9.39. The van der Waals surface area contributed by atoms with Crippen LogP contribution >= 0.6 is 0 Å². The third-order valence-electron chi connectivity index (χ3n) is 6.11. The maximum atomic E-state index is 14.0. The maximum Gasteiger partial charge on any atom is 0.268 e. The highest BCUT2D eigenvalue weighted by atomic mass is 16.2. The molecule has 0 aliphatic rings. The molecule has 0 saturated carbocycles. The van der Waals surface area contributed by atoms with Crippen molar-refractivity contribution in [3.63, 3.8) is 0 Å². The highest BCUT2D eigenvalue weighted by molar-refractivity contribution is 6.29. The van der Waals surface area contributed by atoms with Gasteiger partial charge in [0.05, 0.1) is 22.2 Å². The van der Waals surface area contributed by atoms with E-state index in [1.807, 2.05) is 66.7 Å². The van der Waals surface area contributed by atoms with Gasteiger partial charge in [-0.25, -0.2) is 14.9 Å². The largest absolute Gasteiger partial charge is 0.268 e. The van der Waals surface area contributed by atoms with E-state index in [0.717, 1.165) is 16.0 Å². The minimum Gasteiger partial charge on any atom is -0.268 e. The number of fused-ring (bicyclic) bond motifs is 2. The molecule has 176 valence electrons. The topological polar surface area (TPSA) is 88.9 Å². The summed E-state index contributed by atoms with van der Waals surface area (Å²) in [5.41, 5.74) is 3.65. The number of pyridine rings is 2. The maximum absolute atomic E-state index is 14.0. The van der Waals surface area contributed by atoms with Gasteiger partial charge in [0.1, 0.15) is 0 Å². The van der Waals surface area contributed by atoms with Crippen LogP contribution in [0.15, 0.2) is 116 Å². The van der Waals surface area contributed by atoms with Gasteiger partial charge in [-0.2, -0.15) is 0 Å². The fourth-order valence-electron chi connectivity index (χ4n) is 4.30. The minimum atomic E-state index is -0.544. The molecule has 7 heteroatoms. The highest BCUT2D eigenvalue weighted by Crippen LogP contribution is 2.26. The van der Waals surface area contributed by atoms with E-state index in [0.29, 0.717) is 32.9 Å². The van der Waals surface area contributed by atoms with Crippen molar-refractivity contribution >= 4 is 39.6 Å². The van der Waals surface area contributed by atoms with E-state index < -0.39 is 11.8 Å². The minimum absolute atomic E-state index is 0.0172. The Morgan fingerprint density at radius 1 is 0.514 bits per heavy atom. The third kappa shape index (κ3) is 4.08. The summed E-state index contributed by atoms with van der Waals surface area (Å²) >= 11 is 0. The van der Waals surface area contributed by atoms with Crippen LogP contribution in [-0.4, -0.2) is 31.8 Å². The lowest BCUT2D eigenvalue weighted by atomic mass is 10.1. The van der Waals surface area contributed by atoms with Gasteiger partial charge < -0.3 is 0 Å². The van der Waals surface area contributed by atoms with Crippen LogP contribution in [0.5, 0.6) is 0 Å². The molecule has 0 unspecified atom stereocenters. The molecule has 0 aliphatic heterocycles. The standard InChI is InChI=1S/C30H19N5O2/c36-28(24-14-16-31-26-12-6-4-10-22(24)26)35(29(37)25-15-17-32-27-13-7-5-11-23(25)27)30-33-18-21(19-34-30)20-8-2-1-3-9-20/h1-19H. The lowest BCUT2D eigenvalue weighted by molar-refractivity contribution is 0.0897. The van der Waals surface area contributed by atoms with Crippen molar-refractivity contribution in [1.82, 2.24) is 19.9 Å². The van der Waals surface area contributed by atoms with E-state index >= 15 is 0 Å². The van der Waals surface area contributed by atoms with Crippen molar-refractivity contribution in [2.24, 2.45) is 0 Å². The van der Waals surface area contributed by atoms with Gasteiger partial charge in [-0.3, -0.25) is 19.6 Å². The van der Waals surface area contributed by atoms with Crippen molar-refractivity contribution in [3.05, 3.63) is 127 Å². The quantitative estimate of drug-likeness (QED) is 0.299.